The van der Waals surface area contributed by atoms with E-state index >= 15 is 0 Å². The van der Waals surface area contributed by atoms with Crippen LogP contribution in [0.25, 0.3) is 0 Å². The van der Waals surface area contributed by atoms with Crippen molar-refractivity contribution in [2.75, 3.05) is 12.4 Å². The highest BCUT2D eigenvalue weighted by molar-refractivity contribution is 8.04. The number of nitrogens with two attached hydrogens (primary N) is 1. The third-order valence-corrected chi connectivity index (χ3v) is 6.29. The molecule has 150 valence electrons. The van der Waals surface area contributed by atoms with E-state index in [0.717, 1.165) is 23.3 Å². The number of hydrogen-bond acceptors (Lipinski definition) is 3. The van der Waals surface area contributed by atoms with Crippen molar-refractivity contribution in [3.05, 3.63) is 58.2 Å². The van der Waals surface area contributed by atoms with Crippen LogP contribution in [0.5, 0.6) is 0 Å². The maximum atomic E-state index is 6.57. The van der Waals surface area contributed by atoms with Gasteiger partial charge in [-0.2, -0.15) is 0 Å². The fourth-order valence-corrected chi connectivity index (χ4v) is 3.97. The number of halogens is 1. The maximum Gasteiger partial charge on any atom is 0.0670 e. The van der Waals surface area contributed by atoms with Gasteiger partial charge in [0.15, 0.2) is 0 Å². The van der Waals surface area contributed by atoms with Crippen molar-refractivity contribution >= 4 is 23.4 Å². The molecule has 0 aliphatic heterocycles. The van der Waals surface area contributed by atoms with Gasteiger partial charge in [-0.15, -0.1) is 35.7 Å². The summed E-state index contributed by atoms with van der Waals surface area (Å²) in [4.78, 5) is 0.725. The Morgan fingerprint density at radius 3 is 2.48 bits per heavy atom. The molecule has 27 heavy (non-hydrogen) atoms. The van der Waals surface area contributed by atoms with Crippen LogP contribution < -0.4 is 11.1 Å². The minimum Gasteiger partial charge on any atom is -0.391 e. The van der Waals surface area contributed by atoms with Crippen molar-refractivity contribution in [3.8, 4) is 12.3 Å². The Labute approximate surface area is 176 Å². The first-order chi connectivity index (χ1) is 12.7. The summed E-state index contributed by atoms with van der Waals surface area (Å²) in [6.45, 7) is 17.1. The largest absolute Gasteiger partial charge is 0.391 e. The summed E-state index contributed by atoms with van der Waals surface area (Å²) in [5.41, 5.74) is 11.0. The second-order valence-corrected chi connectivity index (χ2v) is 8.62. The molecule has 1 unspecified atom stereocenters. The highest BCUT2D eigenvalue weighted by Crippen LogP contribution is 2.39. The van der Waals surface area contributed by atoms with Gasteiger partial charge in [0.25, 0.3) is 0 Å². The van der Waals surface area contributed by atoms with Gasteiger partial charge < -0.3 is 11.1 Å². The minimum atomic E-state index is -0.441. The highest BCUT2D eigenvalue weighted by atomic mass is 35.5. The van der Waals surface area contributed by atoms with E-state index in [1.165, 1.54) is 10.5 Å². The number of terminal acetylenes is 1. The number of allylic oxidation sites excluding steroid dienone is 8. The average molecular weight is 407 g/mol. The van der Waals surface area contributed by atoms with Crippen molar-refractivity contribution in [2.24, 2.45) is 11.7 Å². The van der Waals surface area contributed by atoms with Crippen LogP contribution in [0.2, 0.25) is 0 Å². The fourth-order valence-electron chi connectivity index (χ4n) is 2.53. The van der Waals surface area contributed by atoms with Crippen LogP contribution in [0.15, 0.2) is 58.2 Å². The molecule has 0 heterocycles. The van der Waals surface area contributed by atoms with Crippen molar-refractivity contribution < 1.29 is 0 Å². The molecule has 2 atom stereocenters. The summed E-state index contributed by atoms with van der Waals surface area (Å²) in [6, 6.07) is 0. The Hall–Kier alpha value is -1.34. The molecule has 3 N–H and O–H groups in total. The molecule has 0 aromatic heterocycles. The molecule has 0 aliphatic rings. The van der Waals surface area contributed by atoms with E-state index in [2.05, 4.69) is 57.8 Å². The van der Waals surface area contributed by atoms with Crippen LogP contribution in [0, 0.1) is 18.3 Å². The van der Waals surface area contributed by atoms with Gasteiger partial charge in [0.05, 0.1) is 4.87 Å². The predicted octanol–water partition coefficient (Wildman–Crippen LogP) is 6.14. The molecular formula is C23H35ClN2S. The second-order valence-electron chi connectivity index (χ2n) is 6.66. The highest BCUT2D eigenvalue weighted by Gasteiger charge is 2.28. The number of hydrogen-bond donors (Lipinski definition) is 2. The quantitative estimate of drug-likeness (QED) is 0.187. The third-order valence-electron chi connectivity index (χ3n) is 4.55. The molecule has 0 fully saturated rings. The van der Waals surface area contributed by atoms with Gasteiger partial charge in [0.1, 0.15) is 0 Å². The van der Waals surface area contributed by atoms with Crippen molar-refractivity contribution in [1.82, 2.24) is 5.32 Å². The first-order valence-electron chi connectivity index (χ1n) is 9.27. The Morgan fingerprint density at radius 2 is 2.04 bits per heavy atom. The number of rotatable bonds is 11. The lowest BCUT2D eigenvalue weighted by Gasteiger charge is -2.31. The summed E-state index contributed by atoms with van der Waals surface area (Å²) < 4.78 is 0. The van der Waals surface area contributed by atoms with Crippen LogP contribution in [0.1, 0.15) is 48.0 Å². The lowest BCUT2D eigenvalue weighted by molar-refractivity contribution is 0.455. The van der Waals surface area contributed by atoms with Gasteiger partial charge in [-0.1, -0.05) is 31.7 Å². The molecular weight excluding hydrogens is 372 g/mol. The molecule has 2 nitrogen and oxygen atoms in total. The minimum absolute atomic E-state index is 0.205. The van der Waals surface area contributed by atoms with E-state index in [4.69, 9.17) is 23.8 Å². The van der Waals surface area contributed by atoms with Gasteiger partial charge in [0, 0.05) is 30.6 Å². The lowest BCUT2D eigenvalue weighted by Crippen LogP contribution is -2.39. The first-order valence-corrected chi connectivity index (χ1v) is 10.6. The summed E-state index contributed by atoms with van der Waals surface area (Å²) in [7, 11) is 0. The first kappa shape index (κ1) is 25.7. The fraction of sp³-hybridized carbons (Fsp3) is 0.478. The van der Waals surface area contributed by atoms with Crippen LogP contribution in [-0.2, 0) is 0 Å². The summed E-state index contributed by atoms with van der Waals surface area (Å²) in [5, 5.41) is 3.33. The molecule has 0 bridgehead atoms. The molecule has 0 aromatic carbocycles. The van der Waals surface area contributed by atoms with E-state index in [-0.39, 0.29) is 5.92 Å². The van der Waals surface area contributed by atoms with Crippen molar-refractivity contribution in [1.29, 1.82) is 0 Å². The molecule has 0 saturated carbocycles. The monoisotopic (exact) mass is 406 g/mol. The summed E-state index contributed by atoms with van der Waals surface area (Å²) >= 11 is 7.87. The van der Waals surface area contributed by atoms with E-state index in [1.807, 2.05) is 19.9 Å². The summed E-state index contributed by atoms with van der Waals surface area (Å²) in [5.74, 6) is 3.34. The smallest absolute Gasteiger partial charge is 0.0670 e. The maximum absolute atomic E-state index is 6.57. The van der Waals surface area contributed by atoms with Gasteiger partial charge >= 0.3 is 0 Å². The Balaban J connectivity index is 6.08. The molecule has 0 saturated heterocycles. The topological polar surface area (TPSA) is 38.0 Å². The normalized spacial score (nSPS) is 17.5. The van der Waals surface area contributed by atoms with E-state index < -0.39 is 4.87 Å². The van der Waals surface area contributed by atoms with Gasteiger partial charge in [-0.05, 0) is 62.2 Å². The van der Waals surface area contributed by atoms with Gasteiger partial charge in [0.2, 0.25) is 0 Å². The van der Waals surface area contributed by atoms with Crippen molar-refractivity contribution in [3.63, 3.8) is 0 Å². The lowest BCUT2D eigenvalue weighted by atomic mass is 9.93. The predicted molar refractivity (Wildman–Crippen MR) is 126 cm³/mol. The SMILES string of the molecule is C#CC[C@H](C)C(C)(N)S\C(C)=C(C)/C(=C/NCC)C(=C/C)/C(=C/C=C)CCl. The zero-order chi connectivity index (χ0) is 21.0. The van der Waals surface area contributed by atoms with Crippen LogP contribution in [0.3, 0.4) is 0 Å². The Morgan fingerprint density at radius 1 is 1.41 bits per heavy atom. The molecule has 0 aliphatic carbocycles. The molecule has 0 amide bonds. The van der Waals surface area contributed by atoms with Crippen molar-refractivity contribution in [2.45, 2.75) is 52.8 Å². The van der Waals surface area contributed by atoms with Gasteiger partial charge in [-0.3, -0.25) is 0 Å². The Bertz CT molecular complexity index is 660. The standard InChI is InChI=1S/C23H35ClN2S/c1-9-13-17(5)23(8,25)27-19(7)18(6)22(16-26-12-4)21(11-3)20(15-24)14-10-2/h1,10-11,14,16-17,26H,2,12-13,15,25H2,3-8H3/b19-18-,20-14+,21-11+,22-16-/t17-,23?/m0/s1. The number of alkyl halides is 1. The van der Waals surface area contributed by atoms with Crippen LogP contribution in [0.4, 0.5) is 0 Å². The number of thioether (sulfide) groups is 1. The number of nitrogens with one attached hydrogen (secondary N) is 1. The zero-order valence-electron chi connectivity index (χ0n) is 17.7. The molecule has 0 rings (SSSR count). The second kappa shape index (κ2) is 12.9. The molecule has 0 aromatic rings. The molecule has 0 radical (unpaired) electrons. The van der Waals surface area contributed by atoms with E-state index in [1.54, 1.807) is 17.8 Å². The zero-order valence-corrected chi connectivity index (χ0v) is 19.2. The van der Waals surface area contributed by atoms with Crippen LogP contribution in [-0.4, -0.2) is 17.3 Å². The van der Waals surface area contributed by atoms with E-state index in [0.29, 0.717) is 12.3 Å². The van der Waals surface area contributed by atoms with Crippen LogP contribution >= 0.6 is 23.4 Å². The molecule has 0 spiro atoms. The van der Waals surface area contributed by atoms with Gasteiger partial charge in [-0.25, -0.2) is 0 Å². The summed E-state index contributed by atoms with van der Waals surface area (Å²) in [6.07, 6.45) is 14.0. The molecule has 4 heteroatoms. The van der Waals surface area contributed by atoms with E-state index in [9.17, 15) is 0 Å². The Kier molecular flexibility index (Phi) is 12.3. The average Bonchev–Trinajstić information content (AvgIpc) is 2.63. The third kappa shape index (κ3) is 8.05.